The predicted molar refractivity (Wildman–Crippen MR) is 103 cm³/mol. The molecule has 5 heteroatoms. The van der Waals surface area contributed by atoms with E-state index in [-0.39, 0.29) is 12.8 Å². The number of rotatable bonds is 18. The molecule has 24 heavy (non-hydrogen) atoms. The van der Waals surface area contributed by atoms with Gasteiger partial charge in [-0.05, 0) is 18.8 Å². The van der Waals surface area contributed by atoms with Gasteiger partial charge in [-0.15, -0.1) is 0 Å². The summed E-state index contributed by atoms with van der Waals surface area (Å²) in [5.74, 6) is 0.542. The predicted octanol–water partition coefficient (Wildman–Crippen LogP) is 5.91. The summed E-state index contributed by atoms with van der Waals surface area (Å²) in [6.07, 6.45) is 16.9. The molecule has 0 spiro atoms. The van der Waals surface area contributed by atoms with Crippen molar-refractivity contribution in [1.29, 1.82) is 0 Å². The summed E-state index contributed by atoms with van der Waals surface area (Å²) in [7, 11) is -3.91. The molecule has 0 aliphatic heterocycles. The third-order valence-electron chi connectivity index (χ3n) is 4.54. The van der Waals surface area contributed by atoms with Gasteiger partial charge >= 0.3 is 7.60 Å². The zero-order valence-electron chi connectivity index (χ0n) is 16.0. The zero-order valence-corrected chi connectivity index (χ0v) is 16.9. The van der Waals surface area contributed by atoms with E-state index in [1.165, 1.54) is 70.6 Å². The minimum Gasteiger partial charge on any atom is -0.380 e. The maximum absolute atomic E-state index is 10.8. The van der Waals surface area contributed by atoms with Crippen LogP contribution in [0.4, 0.5) is 0 Å². The molecule has 0 aromatic rings. The fourth-order valence-electron chi connectivity index (χ4n) is 3.07. The molecule has 0 heterocycles. The molecular formula is C19H41O4P. The minimum absolute atomic E-state index is 0.163. The highest BCUT2D eigenvalue weighted by Gasteiger charge is 2.13. The van der Waals surface area contributed by atoms with Gasteiger partial charge in [0.2, 0.25) is 0 Å². The van der Waals surface area contributed by atoms with E-state index in [1.54, 1.807) is 0 Å². The van der Waals surface area contributed by atoms with Crippen molar-refractivity contribution < 1.29 is 19.1 Å². The Bertz CT molecular complexity index is 304. The summed E-state index contributed by atoms with van der Waals surface area (Å²) < 4.78 is 16.3. The third kappa shape index (κ3) is 18.4. The lowest BCUT2D eigenvalue weighted by molar-refractivity contribution is 0.101. The second-order valence-electron chi connectivity index (χ2n) is 7.09. The van der Waals surface area contributed by atoms with Crippen molar-refractivity contribution in [2.75, 3.05) is 19.4 Å². The highest BCUT2D eigenvalue weighted by Crippen LogP contribution is 2.33. The van der Waals surface area contributed by atoms with Gasteiger partial charge in [0.25, 0.3) is 0 Å². The van der Waals surface area contributed by atoms with E-state index in [9.17, 15) is 4.57 Å². The quantitative estimate of drug-likeness (QED) is 0.234. The molecule has 1 atom stereocenters. The Labute approximate surface area is 149 Å². The number of hydrogen-bond acceptors (Lipinski definition) is 2. The van der Waals surface area contributed by atoms with Gasteiger partial charge in [-0.3, -0.25) is 4.57 Å². The Balaban J connectivity index is 3.52. The molecule has 0 saturated carbocycles. The Morgan fingerprint density at radius 1 is 0.792 bits per heavy atom. The van der Waals surface area contributed by atoms with Crippen LogP contribution in [0.25, 0.3) is 0 Å². The lowest BCUT2D eigenvalue weighted by Crippen LogP contribution is -2.12. The van der Waals surface area contributed by atoms with E-state index in [1.807, 2.05) is 0 Å². The SMILES string of the molecule is CCCCCCCCCCCCC(CCC)COCCP(=O)(O)O. The van der Waals surface area contributed by atoms with Gasteiger partial charge in [0, 0.05) is 6.61 Å². The Morgan fingerprint density at radius 2 is 1.33 bits per heavy atom. The first kappa shape index (κ1) is 24.1. The van der Waals surface area contributed by atoms with E-state index in [0.29, 0.717) is 12.5 Å². The summed E-state index contributed by atoms with van der Waals surface area (Å²) in [4.78, 5) is 17.6. The molecule has 0 saturated heterocycles. The normalized spacial score (nSPS) is 13.3. The van der Waals surface area contributed by atoms with Crippen molar-refractivity contribution in [2.24, 2.45) is 5.92 Å². The first-order chi connectivity index (χ1) is 11.5. The molecule has 0 fully saturated rings. The molecule has 0 aliphatic rings. The van der Waals surface area contributed by atoms with E-state index in [2.05, 4.69) is 13.8 Å². The average Bonchev–Trinajstić information content (AvgIpc) is 2.52. The van der Waals surface area contributed by atoms with Gasteiger partial charge in [0.1, 0.15) is 0 Å². The largest absolute Gasteiger partial charge is 0.380 e. The van der Waals surface area contributed by atoms with Crippen molar-refractivity contribution in [3.63, 3.8) is 0 Å². The standard InChI is InChI=1S/C19H41O4P/c1-3-5-6-7-8-9-10-11-12-13-15-19(14-4-2)18-23-16-17-24(20,21)22/h19H,3-18H2,1-2H3,(H2,20,21,22). The minimum atomic E-state index is -3.91. The monoisotopic (exact) mass is 364 g/mol. The van der Waals surface area contributed by atoms with E-state index in [0.717, 1.165) is 12.8 Å². The van der Waals surface area contributed by atoms with Crippen LogP contribution in [0, 0.1) is 5.92 Å². The van der Waals surface area contributed by atoms with Crippen LogP contribution in [-0.2, 0) is 9.30 Å². The molecule has 0 aliphatic carbocycles. The lowest BCUT2D eigenvalue weighted by atomic mass is 9.96. The molecule has 146 valence electrons. The van der Waals surface area contributed by atoms with Gasteiger partial charge < -0.3 is 14.5 Å². The molecule has 0 rings (SSSR count). The lowest BCUT2D eigenvalue weighted by Gasteiger charge is -2.16. The zero-order chi connectivity index (χ0) is 18.1. The van der Waals surface area contributed by atoms with Gasteiger partial charge in [-0.2, -0.15) is 0 Å². The fourth-order valence-corrected chi connectivity index (χ4v) is 3.44. The average molecular weight is 365 g/mol. The van der Waals surface area contributed by atoms with Crippen molar-refractivity contribution in [1.82, 2.24) is 0 Å². The fraction of sp³-hybridized carbons (Fsp3) is 1.00. The van der Waals surface area contributed by atoms with Gasteiger partial charge in [-0.1, -0.05) is 84.5 Å². The van der Waals surface area contributed by atoms with Crippen molar-refractivity contribution >= 4 is 7.60 Å². The highest BCUT2D eigenvalue weighted by molar-refractivity contribution is 7.51. The van der Waals surface area contributed by atoms with Crippen molar-refractivity contribution in [2.45, 2.75) is 97.3 Å². The van der Waals surface area contributed by atoms with Crippen LogP contribution in [0.3, 0.4) is 0 Å². The molecule has 2 N–H and O–H groups in total. The molecule has 0 aromatic heterocycles. The summed E-state index contributed by atoms with van der Waals surface area (Å²) in [6.45, 7) is 5.25. The van der Waals surface area contributed by atoms with E-state index >= 15 is 0 Å². The van der Waals surface area contributed by atoms with Crippen LogP contribution >= 0.6 is 7.60 Å². The van der Waals surface area contributed by atoms with Crippen LogP contribution < -0.4 is 0 Å². The summed E-state index contributed by atoms with van der Waals surface area (Å²) in [5, 5.41) is 0. The number of unbranched alkanes of at least 4 members (excludes halogenated alkanes) is 9. The number of ether oxygens (including phenoxy) is 1. The highest BCUT2D eigenvalue weighted by atomic mass is 31.2. The van der Waals surface area contributed by atoms with Crippen molar-refractivity contribution in [3.8, 4) is 0 Å². The Hall–Kier alpha value is 0.110. The van der Waals surface area contributed by atoms with Crippen LogP contribution in [-0.4, -0.2) is 29.2 Å². The smallest absolute Gasteiger partial charge is 0.327 e. The second-order valence-corrected chi connectivity index (χ2v) is 8.87. The molecule has 0 amide bonds. The van der Waals surface area contributed by atoms with Gasteiger partial charge in [-0.25, -0.2) is 0 Å². The molecule has 1 unspecified atom stereocenters. The molecule has 0 aromatic carbocycles. The molecule has 4 nitrogen and oxygen atoms in total. The first-order valence-electron chi connectivity index (χ1n) is 10.1. The third-order valence-corrected chi connectivity index (χ3v) is 5.31. The Morgan fingerprint density at radius 3 is 1.83 bits per heavy atom. The van der Waals surface area contributed by atoms with Gasteiger partial charge in [0.05, 0.1) is 12.8 Å². The first-order valence-corrected chi connectivity index (χ1v) is 11.9. The van der Waals surface area contributed by atoms with Crippen LogP contribution in [0.5, 0.6) is 0 Å². The van der Waals surface area contributed by atoms with E-state index in [4.69, 9.17) is 14.5 Å². The summed E-state index contributed by atoms with van der Waals surface area (Å²) in [6, 6.07) is 0. The maximum Gasteiger partial charge on any atom is 0.327 e. The summed E-state index contributed by atoms with van der Waals surface area (Å²) >= 11 is 0. The molecule has 0 radical (unpaired) electrons. The maximum atomic E-state index is 10.8. The number of hydrogen-bond donors (Lipinski definition) is 2. The van der Waals surface area contributed by atoms with E-state index < -0.39 is 7.60 Å². The van der Waals surface area contributed by atoms with Crippen LogP contribution in [0.2, 0.25) is 0 Å². The summed E-state index contributed by atoms with van der Waals surface area (Å²) in [5.41, 5.74) is 0. The Kier molecular flexibility index (Phi) is 16.6. The van der Waals surface area contributed by atoms with Crippen LogP contribution in [0.1, 0.15) is 97.3 Å². The molecule has 0 bridgehead atoms. The van der Waals surface area contributed by atoms with Crippen molar-refractivity contribution in [3.05, 3.63) is 0 Å². The van der Waals surface area contributed by atoms with Crippen LogP contribution in [0.15, 0.2) is 0 Å². The van der Waals surface area contributed by atoms with Gasteiger partial charge in [0.15, 0.2) is 0 Å². The second kappa shape index (κ2) is 16.6. The molecular weight excluding hydrogens is 323 g/mol. The topological polar surface area (TPSA) is 66.8 Å².